The summed E-state index contributed by atoms with van der Waals surface area (Å²) < 4.78 is 1.78. The molecular weight excluding hydrogens is 314 g/mol. The maximum absolute atomic E-state index is 11.0. The number of aryl methyl sites for hydroxylation is 2. The van der Waals surface area contributed by atoms with Gasteiger partial charge in [-0.2, -0.15) is 0 Å². The highest BCUT2D eigenvalue weighted by atomic mass is 32.1. The monoisotopic (exact) mass is 325 g/mol. The Morgan fingerprint density at radius 1 is 1.26 bits per heavy atom. The number of rotatable bonds is 2. The Morgan fingerprint density at radius 2 is 2.09 bits per heavy atom. The molecule has 0 amide bonds. The van der Waals surface area contributed by atoms with Crippen molar-refractivity contribution in [3.63, 3.8) is 0 Å². The molecule has 0 radical (unpaired) electrons. The number of non-ortho nitro benzene ring substituents is 1. The maximum atomic E-state index is 11.0. The Bertz CT molecular complexity index is 1080. The van der Waals surface area contributed by atoms with Crippen molar-refractivity contribution in [2.45, 2.75) is 13.8 Å². The van der Waals surface area contributed by atoms with Gasteiger partial charge in [-0.15, -0.1) is 21.5 Å². The summed E-state index contributed by atoms with van der Waals surface area (Å²) in [7, 11) is 0. The van der Waals surface area contributed by atoms with Gasteiger partial charge in [0.25, 0.3) is 5.69 Å². The van der Waals surface area contributed by atoms with Crippen LogP contribution in [0.15, 0.2) is 30.6 Å². The molecule has 0 bridgehead atoms. The van der Waals surface area contributed by atoms with Crippen LogP contribution < -0.4 is 0 Å². The van der Waals surface area contributed by atoms with Gasteiger partial charge in [0.1, 0.15) is 11.2 Å². The number of thiophene rings is 1. The van der Waals surface area contributed by atoms with E-state index in [1.54, 1.807) is 34.2 Å². The van der Waals surface area contributed by atoms with Gasteiger partial charge in [0, 0.05) is 22.6 Å². The highest BCUT2D eigenvalue weighted by Crippen LogP contribution is 2.32. The molecule has 0 saturated carbocycles. The summed E-state index contributed by atoms with van der Waals surface area (Å²) in [6.45, 7) is 4.09. The van der Waals surface area contributed by atoms with Crippen LogP contribution in [0.2, 0.25) is 0 Å². The van der Waals surface area contributed by atoms with Gasteiger partial charge < -0.3 is 0 Å². The molecule has 0 fully saturated rings. The predicted molar refractivity (Wildman–Crippen MR) is 87.7 cm³/mol. The van der Waals surface area contributed by atoms with Crippen LogP contribution in [0.4, 0.5) is 5.69 Å². The molecule has 0 aliphatic rings. The SMILES string of the molecule is Cc1sc2ncn3c(-c4cccc([N+](=O)[O-])c4)nnc3c2c1C. The van der Waals surface area contributed by atoms with Crippen molar-refractivity contribution >= 4 is 32.9 Å². The smallest absolute Gasteiger partial charge is 0.265 e. The zero-order valence-corrected chi connectivity index (χ0v) is 13.2. The molecule has 7 nitrogen and oxygen atoms in total. The molecule has 3 aromatic heterocycles. The summed E-state index contributed by atoms with van der Waals surface area (Å²) in [5.41, 5.74) is 2.52. The molecule has 3 heterocycles. The van der Waals surface area contributed by atoms with Crippen LogP contribution in [0.25, 0.3) is 27.3 Å². The van der Waals surface area contributed by atoms with E-state index in [1.165, 1.54) is 17.0 Å². The van der Waals surface area contributed by atoms with Crippen LogP contribution in [0.5, 0.6) is 0 Å². The number of fused-ring (bicyclic) bond motifs is 3. The van der Waals surface area contributed by atoms with Crippen LogP contribution in [-0.2, 0) is 0 Å². The fraction of sp³-hybridized carbons (Fsp3) is 0.133. The minimum absolute atomic E-state index is 0.0239. The first-order valence-electron chi connectivity index (χ1n) is 6.90. The van der Waals surface area contributed by atoms with E-state index in [0.29, 0.717) is 11.4 Å². The number of nitro benzene ring substituents is 1. The van der Waals surface area contributed by atoms with E-state index in [2.05, 4.69) is 22.1 Å². The van der Waals surface area contributed by atoms with Crippen molar-refractivity contribution in [2.24, 2.45) is 0 Å². The van der Waals surface area contributed by atoms with Gasteiger partial charge in [-0.25, -0.2) is 4.98 Å². The quantitative estimate of drug-likeness (QED) is 0.415. The lowest BCUT2D eigenvalue weighted by Gasteiger charge is -2.00. The molecule has 0 aliphatic carbocycles. The van der Waals surface area contributed by atoms with Crippen LogP contribution in [-0.4, -0.2) is 24.5 Å². The van der Waals surface area contributed by atoms with Crippen molar-refractivity contribution in [3.8, 4) is 11.4 Å². The number of hydrogen-bond donors (Lipinski definition) is 0. The van der Waals surface area contributed by atoms with Crippen molar-refractivity contribution in [1.29, 1.82) is 0 Å². The van der Waals surface area contributed by atoms with E-state index < -0.39 is 4.92 Å². The van der Waals surface area contributed by atoms with Gasteiger partial charge >= 0.3 is 0 Å². The summed E-state index contributed by atoms with van der Waals surface area (Å²) in [5.74, 6) is 0.543. The third kappa shape index (κ3) is 1.99. The zero-order chi connectivity index (χ0) is 16.1. The summed E-state index contributed by atoms with van der Waals surface area (Å²) >= 11 is 1.62. The first kappa shape index (κ1) is 13.8. The zero-order valence-electron chi connectivity index (χ0n) is 12.3. The minimum Gasteiger partial charge on any atom is -0.265 e. The molecule has 0 saturated heterocycles. The van der Waals surface area contributed by atoms with Crippen LogP contribution >= 0.6 is 11.3 Å². The number of benzene rings is 1. The van der Waals surface area contributed by atoms with E-state index in [-0.39, 0.29) is 5.69 Å². The average molecular weight is 325 g/mol. The lowest BCUT2D eigenvalue weighted by molar-refractivity contribution is -0.384. The van der Waals surface area contributed by atoms with E-state index in [1.807, 2.05) is 6.92 Å². The van der Waals surface area contributed by atoms with E-state index in [0.717, 1.165) is 21.4 Å². The normalized spacial score (nSPS) is 11.4. The Kier molecular flexibility index (Phi) is 2.88. The molecular formula is C15H11N5O2S. The summed E-state index contributed by atoms with van der Waals surface area (Å²) in [5, 5.41) is 20.4. The van der Waals surface area contributed by atoms with Crippen molar-refractivity contribution in [2.75, 3.05) is 0 Å². The molecule has 4 aromatic rings. The third-order valence-corrected chi connectivity index (χ3v) is 5.01. The highest BCUT2D eigenvalue weighted by Gasteiger charge is 2.17. The summed E-state index contributed by atoms with van der Waals surface area (Å²) in [6, 6.07) is 6.36. The molecule has 0 unspecified atom stereocenters. The van der Waals surface area contributed by atoms with Gasteiger partial charge in [-0.1, -0.05) is 12.1 Å². The molecule has 1 aromatic carbocycles. The first-order chi connectivity index (χ1) is 11.1. The van der Waals surface area contributed by atoms with Gasteiger partial charge in [0.2, 0.25) is 0 Å². The molecule has 8 heteroatoms. The molecule has 0 spiro atoms. The largest absolute Gasteiger partial charge is 0.270 e. The fourth-order valence-corrected chi connectivity index (χ4v) is 3.59. The van der Waals surface area contributed by atoms with E-state index in [4.69, 9.17) is 0 Å². The molecule has 114 valence electrons. The lowest BCUT2D eigenvalue weighted by atomic mass is 10.2. The second-order valence-electron chi connectivity index (χ2n) is 5.23. The number of hydrogen-bond acceptors (Lipinski definition) is 6. The molecule has 0 atom stereocenters. The van der Waals surface area contributed by atoms with Crippen LogP contribution in [0.1, 0.15) is 10.4 Å². The standard InChI is InChI=1S/C15H11N5O2S/c1-8-9(2)23-15-12(8)14-18-17-13(19(14)7-16-15)10-4-3-5-11(6-10)20(21)22/h3-7H,1-2H3. The fourth-order valence-electron chi connectivity index (χ4n) is 2.60. The Labute approximate surface area is 134 Å². The van der Waals surface area contributed by atoms with Gasteiger partial charge in [0.05, 0.1) is 10.3 Å². The van der Waals surface area contributed by atoms with Gasteiger partial charge in [0.15, 0.2) is 11.5 Å². The van der Waals surface area contributed by atoms with E-state index in [9.17, 15) is 10.1 Å². The Morgan fingerprint density at radius 3 is 2.87 bits per heavy atom. The van der Waals surface area contributed by atoms with Crippen molar-refractivity contribution in [1.82, 2.24) is 19.6 Å². The van der Waals surface area contributed by atoms with Crippen molar-refractivity contribution < 1.29 is 4.92 Å². The molecule has 0 aliphatic heterocycles. The molecule has 4 rings (SSSR count). The molecule has 0 N–H and O–H groups in total. The topological polar surface area (TPSA) is 86.2 Å². The third-order valence-electron chi connectivity index (χ3n) is 3.89. The second-order valence-corrected chi connectivity index (χ2v) is 6.44. The summed E-state index contributed by atoms with van der Waals surface area (Å²) in [4.78, 5) is 17.1. The Hall–Kier alpha value is -2.87. The van der Waals surface area contributed by atoms with Gasteiger partial charge in [-0.05, 0) is 19.4 Å². The Balaban J connectivity index is 2.00. The highest BCUT2D eigenvalue weighted by molar-refractivity contribution is 7.18. The lowest BCUT2D eigenvalue weighted by Crippen LogP contribution is -1.93. The summed E-state index contributed by atoms with van der Waals surface area (Å²) in [6.07, 6.45) is 1.67. The van der Waals surface area contributed by atoms with Crippen LogP contribution in [0, 0.1) is 24.0 Å². The number of nitro groups is 1. The van der Waals surface area contributed by atoms with E-state index >= 15 is 0 Å². The average Bonchev–Trinajstić information content (AvgIpc) is 3.09. The minimum atomic E-state index is -0.421. The number of nitrogens with zero attached hydrogens (tertiary/aromatic N) is 5. The second kappa shape index (κ2) is 4.82. The van der Waals surface area contributed by atoms with Crippen molar-refractivity contribution in [3.05, 3.63) is 51.1 Å². The van der Waals surface area contributed by atoms with Gasteiger partial charge in [-0.3, -0.25) is 14.5 Å². The number of aromatic nitrogens is 4. The molecule has 23 heavy (non-hydrogen) atoms. The maximum Gasteiger partial charge on any atom is 0.270 e. The van der Waals surface area contributed by atoms with Crippen LogP contribution in [0.3, 0.4) is 0 Å². The first-order valence-corrected chi connectivity index (χ1v) is 7.72. The predicted octanol–water partition coefficient (Wildman–Crippen LogP) is 3.53.